The molecule has 2 aromatic rings. The van der Waals surface area contributed by atoms with Crippen LogP contribution in [0.15, 0.2) is 29.1 Å². The summed E-state index contributed by atoms with van der Waals surface area (Å²) in [6.45, 7) is 7.26. The van der Waals surface area contributed by atoms with Crippen molar-refractivity contribution in [2.45, 2.75) is 33.2 Å². The highest BCUT2D eigenvalue weighted by Gasteiger charge is 2.18. The van der Waals surface area contributed by atoms with E-state index in [9.17, 15) is 0 Å². The molecule has 118 valence electrons. The quantitative estimate of drug-likeness (QED) is 0.867. The second-order valence-corrected chi connectivity index (χ2v) is 6.29. The molecule has 0 saturated carbocycles. The van der Waals surface area contributed by atoms with Crippen LogP contribution in [0.3, 0.4) is 0 Å². The third-order valence-electron chi connectivity index (χ3n) is 4.38. The number of furan rings is 1. The van der Waals surface area contributed by atoms with E-state index in [1.54, 1.807) is 12.6 Å². The maximum absolute atomic E-state index is 5.36. The van der Waals surface area contributed by atoms with Crippen LogP contribution in [0.5, 0.6) is 0 Å². The molecule has 3 rings (SSSR count). The molecule has 2 aromatic heterocycles. The summed E-state index contributed by atoms with van der Waals surface area (Å²) in [5, 5.41) is 0. The molecule has 3 heterocycles. The molecule has 0 N–H and O–H groups in total. The number of hydrogen-bond acceptors (Lipinski definition) is 5. The standard InChI is InChI=1S/C17H24N4O/c1-13-5-4-7-21(10-13)17-9-16(18-12-19-17)20(3)11-15-6-8-22-14(15)2/h6,8-9,12-13H,4-5,7,10-11H2,1-3H3. The van der Waals surface area contributed by atoms with Gasteiger partial charge in [-0.1, -0.05) is 6.92 Å². The highest BCUT2D eigenvalue weighted by molar-refractivity contribution is 5.50. The highest BCUT2D eigenvalue weighted by atomic mass is 16.3. The van der Waals surface area contributed by atoms with Crippen molar-refractivity contribution in [1.82, 2.24) is 9.97 Å². The number of aryl methyl sites for hydroxylation is 1. The predicted molar refractivity (Wildman–Crippen MR) is 88.2 cm³/mol. The normalized spacial score (nSPS) is 18.5. The molecule has 1 atom stereocenters. The van der Waals surface area contributed by atoms with E-state index in [-0.39, 0.29) is 0 Å². The fourth-order valence-corrected chi connectivity index (χ4v) is 3.03. The maximum Gasteiger partial charge on any atom is 0.134 e. The number of rotatable bonds is 4. The van der Waals surface area contributed by atoms with Gasteiger partial charge < -0.3 is 14.2 Å². The lowest BCUT2D eigenvalue weighted by Crippen LogP contribution is -2.35. The van der Waals surface area contributed by atoms with Crippen molar-refractivity contribution in [3.63, 3.8) is 0 Å². The van der Waals surface area contributed by atoms with Crippen LogP contribution in [0.2, 0.25) is 0 Å². The van der Waals surface area contributed by atoms with Gasteiger partial charge in [-0.15, -0.1) is 0 Å². The summed E-state index contributed by atoms with van der Waals surface area (Å²) in [7, 11) is 2.05. The van der Waals surface area contributed by atoms with Gasteiger partial charge in [0, 0.05) is 38.3 Å². The fraction of sp³-hybridized carbons (Fsp3) is 0.529. The van der Waals surface area contributed by atoms with Crippen molar-refractivity contribution < 1.29 is 4.42 Å². The minimum absolute atomic E-state index is 0.735. The Kier molecular flexibility index (Phi) is 4.32. The van der Waals surface area contributed by atoms with Gasteiger partial charge in [0.05, 0.1) is 6.26 Å². The Hall–Kier alpha value is -2.04. The number of piperidine rings is 1. The van der Waals surface area contributed by atoms with Gasteiger partial charge in [0.25, 0.3) is 0 Å². The second-order valence-electron chi connectivity index (χ2n) is 6.29. The van der Waals surface area contributed by atoms with E-state index in [4.69, 9.17) is 4.42 Å². The molecule has 1 unspecified atom stereocenters. The zero-order valence-electron chi connectivity index (χ0n) is 13.6. The summed E-state index contributed by atoms with van der Waals surface area (Å²) in [6.07, 6.45) is 5.96. The Labute approximate surface area is 132 Å². The van der Waals surface area contributed by atoms with Gasteiger partial charge in [0.1, 0.15) is 23.7 Å². The summed E-state index contributed by atoms with van der Waals surface area (Å²) in [6, 6.07) is 4.10. The molecule has 0 amide bonds. The number of nitrogens with zero attached hydrogens (tertiary/aromatic N) is 4. The van der Waals surface area contributed by atoms with Crippen LogP contribution >= 0.6 is 0 Å². The largest absolute Gasteiger partial charge is 0.469 e. The molecule has 0 aliphatic carbocycles. The SMILES string of the molecule is Cc1occc1CN(C)c1cc(N2CCCC(C)C2)ncn1. The molecular formula is C17H24N4O. The lowest BCUT2D eigenvalue weighted by atomic mass is 10.0. The van der Waals surface area contributed by atoms with E-state index >= 15 is 0 Å². The van der Waals surface area contributed by atoms with Gasteiger partial charge in [-0.3, -0.25) is 0 Å². The van der Waals surface area contributed by atoms with Crippen molar-refractivity contribution in [3.05, 3.63) is 36.0 Å². The van der Waals surface area contributed by atoms with Crippen LogP contribution < -0.4 is 9.80 Å². The molecule has 5 heteroatoms. The third kappa shape index (κ3) is 3.24. The van der Waals surface area contributed by atoms with Gasteiger partial charge in [-0.2, -0.15) is 0 Å². The average molecular weight is 300 g/mol. The van der Waals surface area contributed by atoms with Crippen LogP contribution in [0.1, 0.15) is 31.1 Å². The van der Waals surface area contributed by atoms with Gasteiger partial charge in [-0.25, -0.2) is 9.97 Å². The zero-order chi connectivity index (χ0) is 15.5. The molecular weight excluding hydrogens is 276 g/mol. The minimum atomic E-state index is 0.735. The Bertz CT molecular complexity index is 625. The Morgan fingerprint density at radius 2 is 2.27 bits per heavy atom. The molecule has 5 nitrogen and oxygen atoms in total. The van der Waals surface area contributed by atoms with E-state index in [2.05, 4.69) is 39.8 Å². The third-order valence-corrected chi connectivity index (χ3v) is 4.38. The summed E-state index contributed by atoms with van der Waals surface area (Å²) >= 11 is 0. The Morgan fingerprint density at radius 3 is 3.00 bits per heavy atom. The van der Waals surface area contributed by atoms with Gasteiger partial charge in [-0.05, 0) is 31.7 Å². The maximum atomic E-state index is 5.36. The lowest BCUT2D eigenvalue weighted by Gasteiger charge is -2.32. The Balaban J connectivity index is 1.74. The minimum Gasteiger partial charge on any atom is -0.469 e. The van der Waals surface area contributed by atoms with E-state index in [0.717, 1.165) is 42.9 Å². The molecule has 0 radical (unpaired) electrons. The van der Waals surface area contributed by atoms with E-state index in [0.29, 0.717) is 0 Å². The first kappa shape index (κ1) is 14.9. The molecule has 1 aliphatic heterocycles. The number of aromatic nitrogens is 2. The molecule has 22 heavy (non-hydrogen) atoms. The molecule has 1 fully saturated rings. The topological polar surface area (TPSA) is 45.4 Å². The lowest BCUT2D eigenvalue weighted by molar-refractivity contribution is 0.444. The van der Waals surface area contributed by atoms with Gasteiger partial charge in [0.15, 0.2) is 0 Å². The molecule has 0 spiro atoms. The molecule has 0 bridgehead atoms. The summed E-state index contributed by atoms with van der Waals surface area (Å²) in [4.78, 5) is 13.4. The average Bonchev–Trinajstić information content (AvgIpc) is 2.92. The second kappa shape index (κ2) is 6.38. The Morgan fingerprint density at radius 1 is 1.41 bits per heavy atom. The first-order chi connectivity index (χ1) is 10.6. The smallest absolute Gasteiger partial charge is 0.134 e. The summed E-state index contributed by atoms with van der Waals surface area (Å²) < 4.78 is 5.36. The van der Waals surface area contributed by atoms with Crippen molar-refractivity contribution in [3.8, 4) is 0 Å². The molecule has 0 aromatic carbocycles. The van der Waals surface area contributed by atoms with Crippen LogP contribution in [0.4, 0.5) is 11.6 Å². The van der Waals surface area contributed by atoms with Crippen molar-refractivity contribution in [1.29, 1.82) is 0 Å². The van der Waals surface area contributed by atoms with E-state index < -0.39 is 0 Å². The predicted octanol–water partition coefficient (Wildman–Crippen LogP) is 3.25. The molecule has 1 aliphatic rings. The van der Waals surface area contributed by atoms with Gasteiger partial charge >= 0.3 is 0 Å². The van der Waals surface area contributed by atoms with Crippen LogP contribution in [0, 0.1) is 12.8 Å². The monoisotopic (exact) mass is 300 g/mol. The highest BCUT2D eigenvalue weighted by Crippen LogP contribution is 2.24. The fourth-order valence-electron chi connectivity index (χ4n) is 3.03. The van der Waals surface area contributed by atoms with Crippen LogP contribution in [-0.4, -0.2) is 30.1 Å². The first-order valence-corrected chi connectivity index (χ1v) is 7.94. The zero-order valence-corrected chi connectivity index (χ0v) is 13.6. The van der Waals surface area contributed by atoms with Gasteiger partial charge in [0.2, 0.25) is 0 Å². The van der Waals surface area contributed by atoms with Crippen molar-refractivity contribution >= 4 is 11.6 Å². The van der Waals surface area contributed by atoms with Crippen molar-refractivity contribution in [2.24, 2.45) is 5.92 Å². The number of hydrogen-bond donors (Lipinski definition) is 0. The summed E-state index contributed by atoms with van der Waals surface area (Å²) in [5.74, 6) is 3.68. The number of anilines is 2. The molecule has 1 saturated heterocycles. The van der Waals surface area contributed by atoms with Crippen LogP contribution in [-0.2, 0) is 6.54 Å². The van der Waals surface area contributed by atoms with E-state index in [1.807, 2.05) is 13.0 Å². The first-order valence-electron chi connectivity index (χ1n) is 7.94. The van der Waals surface area contributed by atoms with Crippen molar-refractivity contribution in [2.75, 3.05) is 29.9 Å². The van der Waals surface area contributed by atoms with Crippen LogP contribution in [0.25, 0.3) is 0 Å². The summed E-state index contributed by atoms with van der Waals surface area (Å²) in [5.41, 5.74) is 1.19. The van der Waals surface area contributed by atoms with E-state index in [1.165, 1.54) is 18.4 Å².